The summed E-state index contributed by atoms with van der Waals surface area (Å²) >= 11 is 6.21. The second-order valence-electron chi connectivity index (χ2n) is 15.3. The van der Waals surface area contributed by atoms with Crippen molar-refractivity contribution in [1.82, 2.24) is 20.1 Å². The summed E-state index contributed by atoms with van der Waals surface area (Å²) in [6, 6.07) is 10.6. The lowest BCUT2D eigenvalue weighted by Gasteiger charge is -2.63. The van der Waals surface area contributed by atoms with Gasteiger partial charge in [0.1, 0.15) is 29.2 Å². The van der Waals surface area contributed by atoms with Crippen LogP contribution in [0.15, 0.2) is 36.5 Å². The number of ether oxygens (including phenoxy) is 2. The van der Waals surface area contributed by atoms with Gasteiger partial charge in [0.25, 0.3) is 5.91 Å². The minimum Gasteiger partial charge on any atom is -0.489 e. The van der Waals surface area contributed by atoms with Crippen LogP contribution in [0.2, 0.25) is 5.02 Å². The highest BCUT2D eigenvalue weighted by molar-refractivity contribution is 6.31. The van der Waals surface area contributed by atoms with E-state index in [0.29, 0.717) is 39.4 Å². The zero-order valence-corrected chi connectivity index (χ0v) is 29.3. The molecule has 1 N–H and O–H groups in total. The van der Waals surface area contributed by atoms with E-state index in [0.717, 1.165) is 45.6 Å². The Balaban J connectivity index is 1.07. The molecule has 0 unspecified atom stereocenters. The Bertz CT molecular complexity index is 1570. The first-order valence-electron chi connectivity index (χ1n) is 16.4. The Morgan fingerprint density at radius 2 is 1.77 bits per heavy atom. The Labute approximate surface area is 283 Å². The van der Waals surface area contributed by atoms with Crippen molar-refractivity contribution in [3.8, 4) is 23.7 Å². The number of piperidine rings is 1. The molecule has 1 aromatic heterocycles. The predicted molar refractivity (Wildman–Crippen MR) is 181 cm³/mol. The van der Waals surface area contributed by atoms with Crippen molar-refractivity contribution in [2.45, 2.75) is 79.1 Å². The second kappa shape index (κ2) is 13.4. The third-order valence-corrected chi connectivity index (χ3v) is 9.89. The molecule has 0 bridgehead atoms. The highest BCUT2D eigenvalue weighted by Gasteiger charge is 2.64. The number of carbonyl (C=O) groups is 2. The number of aromatic nitrogens is 1. The van der Waals surface area contributed by atoms with Gasteiger partial charge in [0.05, 0.1) is 16.1 Å². The van der Waals surface area contributed by atoms with Gasteiger partial charge >= 0.3 is 6.09 Å². The van der Waals surface area contributed by atoms with Gasteiger partial charge in [0, 0.05) is 60.6 Å². The van der Waals surface area contributed by atoms with Gasteiger partial charge in [0.15, 0.2) is 0 Å². The number of nitrogens with one attached hydrogen (secondary N) is 1. The van der Waals surface area contributed by atoms with Crippen molar-refractivity contribution in [3.05, 3.63) is 58.4 Å². The number of likely N-dealkylation sites (tertiary alicyclic amines) is 2. The molecule has 1 aliphatic carbocycles. The molecule has 1 saturated carbocycles. The number of benzene rings is 1. The minimum absolute atomic E-state index is 0.139. The minimum atomic E-state index is -0.463. The highest BCUT2D eigenvalue weighted by Crippen LogP contribution is 2.55. The second-order valence-corrected chi connectivity index (χ2v) is 15.7. The SMILES string of the molecule is CC(C)(C)OC(=O)N1CC(CN2CCC(C#Cc3ccc(C(=O)NC4C(C)(C)C(Oc5ccc(C#N)c(Cl)c5)C4(C)C)cn3)CC2)C1. The molecule has 0 atom stereocenters. The summed E-state index contributed by atoms with van der Waals surface area (Å²) in [4.78, 5) is 34.2. The quantitative estimate of drug-likeness (QED) is 0.371. The Hall–Kier alpha value is -3.79. The molecular weight excluding hydrogens is 614 g/mol. The van der Waals surface area contributed by atoms with Crippen LogP contribution < -0.4 is 10.1 Å². The fourth-order valence-corrected chi connectivity index (χ4v) is 7.59. The number of rotatable bonds is 6. The first kappa shape index (κ1) is 34.5. The fourth-order valence-electron chi connectivity index (χ4n) is 7.37. The van der Waals surface area contributed by atoms with E-state index >= 15 is 0 Å². The number of pyridine rings is 1. The van der Waals surface area contributed by atoms with Gasteiger partial charge in [-0.05, 0) is 76.9 Å². The van der Waals surface area contributed by atoms with Crippen molar-refractivity contribution in [2.75, 3.05) is 32.7 Å². The average Bonchev–Trinajstić information content (AvgIpc) is 2.98. The monoisotopic (exact) mass is 659 g/mol. The third kappa shape index (κ3) is 7.86. The Kier molecular flexibility index (Phi) is 9.83. The van der Waals surface area contributed by atoms with Gasteiger partial charge in [-0.15, -0.1) is 0 Å². The molecule has 3 aliphatic rings. The van der Waals surface area contributed by atoms with E-state index in [-0.39, 0.29) is 35.0 Å². The van der Waals surface area contributed by atoms with Gasteiger partial charge in [-0.1, -0.05) is 45.2 Å². The van der Waals surface area contributed by atoms with Crippen molar-refractivity contribution in [2.24, 2.45) is 22.7 Å². The lowest BCUT2D eigenvalue weighted by atomic mass is 9.49. The number of amides is 2. The summed E-state index contributed by atoms with van der Waals surface area (Å²) in [7, 11) is 0. The summed E-state index contributed by atoms with van der Waals surface area (Å²) in [6.45, 7) is 18.5. The molecule has 0 spiro atoms. The number of hydrogen-bond acceptors (Lipinski definition) is 7. The van der Waals surface area contributed by atoms with E-state index in [4.69, 9.17) is 26.3 Å². The molecule has 2 aromatic rings. The molecule has 9 nitrogen and oxygen atoms in total. The Morgan fingerprint density at radius 3 is 2.34 bits per heavy atom. The van der Waals surface area contributed by atoms with Gasteiger partial charge in [-0.2, -0.15) is 5.26 Å². The molecule has 0 radical (unpaired) electrons. The zero-order chi connectivity index (χ0) is 34.1. The molecule has 1 aromatic carbocycles. The van der Waals surface area contributed by atoms with Crippen LogP contribution in [-0.2, 0) is 4.74 Å². The van der Waals surface area contributed by atoms with E-state index in [2.05, 4.69) is 60.8 Å². The van der Waals surface area contributed by atoms with Gasteiger partial charge in [-0.3, -0.25) is 4.79 Å². The number of hydrogen-bond donors (Lipinski definition) is 1. The lowest BCUT2D eigenvalue weighted by molar-refractivity contribution is -0.164. The maximum Gasteiger partial charge on any atom is 0.410 e. The van der Waals surface area contributed by atoms with Crippen LogP contribution in [0.5, 0.6) is 5.75 Å². The molecule has 250 valence electrons. The number of halogens is 1. The van der Waals surface area contributed by atoms with E-state index in [1.807, 2.05) is 26.8 Å². The summed E-state index contributed by atoms with van der Waals surface area (Å²) in [5.74, 6) is 7.82. The summed E-state index contributed by atoms with van der Waals surface area (Å²) in [5, 5.41) is 12.7. The van der Waals surface area contributed by atoms with Crippen LogP contribution in [0.1, 0.15) is 82.9 Å². The Morgan fingerprint density at radius 1 is 1.09 bits per heavy atom. The summed E-state index contributed by atoms with van der Waals surface area (Å²) in [5.41, 5.74) is 0.367. The highest BCUT2D eigenvalue weighted by atomic mass is 35.5. The van der Waals surface area contributed by atoms with E-state index in [1.54, 1.807) is 35.4 Å². The average molecular weight is 660 g/mol. The van der Waals surface area contributed by atoms with Crippen LogP contribution in [0.4, 0.5) is 4.79 Å². The van der Waals surface area contributed by atoms with Gasteiger partial charge in [-0.25, -0.2) is 9.78 Å². The normalized spacial score (nSPS) is 22.5. The number of nitrogens with zero attached hydrogens (tertiary/aromatic N) is 4. The molecular formula is C37H46ClN5O4. The molecule has 47 heavy (non-hydrogen) atoms. The van der Waals surface area contributed by atoms with Crippen LogP contribution in [0, 0.1) is 45.8 Å². The molecule has 5 rings (SSSR count). The molecule has 2 amide bonds. The molecule has 3 heterocycles. The van der Waals surface area contributed by atoms with Crippen LogP contribution >= 0.6 is 11.6 Å². The van der Waals surface area contributed by atoms with E-state index in [9.17, 15) is 9.59 Å². The lowest BCUT2D eigenvalue weighted by Crippen LogP contribution is -2.74. The van der Waals surface area contributed by atoms with Crippen molar-refractivity contribution < 1.29 is 19.1 Å². The smallest absolute Gasteiger partial charge is 0.410 e. The predicted octanol–water partition coefficient (Wildman–Crippen LogP) is 6.15. The molecule has 2 aliphatic heterocycles. The van der Waals surface area contributed by atoms with Gasteiger partial charge < -0.3 is 24.6 Å². The fraction of sp³-hybridized carbons (Fsp3) is 0.568. The molecule has 10 heteroatoms. The van der Waals surface area contributed by atoms with Crippen LogP contribution in [0.3, 0.4) is 0 Å². The number of nitriles is 1. The number of carbonyl (C=O) groups excluding carboxylic acids is 2. The zero-order valence-electron chi connectivity index (χ0n) is 28.5. The summed E-state index contributed by atoms with van der Waals surface area (Å²) in [6.07, 6.45) is 3.20. The van der Waals surface area contributed by atoms with Gasteiger partial charge in [0.2, 0.25) is 0 Å². The largest absolute Gasteiger partial charge is 0.489 e. The van der Waals surface area contributed by atoms with E-state index < -0.39 is 5.60 Å². The van der Waals surface area contributed by atoms with Crippen molar-refractivity contribution in [1.29, 1.82) is 5.26 Å². The third-order valence-electron chi connectivity index (χ3n) is 9.57. The van der Waals surface area contributed by atoms with Crippen molar-refractivity contribution >= 4 is 23.6 Å². The van der Waals surface area contributed by atoms with Crippen LogP contribution in [0.25, 0.3) is 0 Å². The van der Waals surface area contributed by atoms with Crippen LogP contribution in [-0.4, -0.2) is 77.3 Å². The standard InChI is InChI=1S/C37H46ClN5O4/c1-35(2,3)47-34(45)43-22-25(23-43)21-42-16-14-24(15-17-42)8-11-28-12-9-27(20-40-28)31(44)41-32-36(4,5)33(37(32,6)7)46-29-13-10-26(19-39)30(38)18-29/h9-10,12-13,18,20,24-25,32-33H,14-17,21-23H2,1-7H3,(H,41,44). The first-order valence-corrected chi connectivity index (χ1v) is 16.8. The van der Waals surface area contributed by atoms with E-state index in [1.165, 1.54) is 0 Å². The molecule has 2 saturated heterocycles. The molecule has 3 fully saturated rings. The summed E-state index contributed by atoms with van der Waals surface area (Å²) < 4.78 is 11.8. The topological polar surface area (TPSA) is 108 Å². The van der Waals surface area contributed by atoms with Crippen molar-refractivity contribution in [3.63, 3.8) is 0 Å². The maximum atomic E-state index is 13.3. The maximum absolute atomic E-state index is 13.3. The first-order chi connectivity index (χ1) is 22.1.